The maximum atomic E-state index is 6.77. The normalized spacial score (nSPS) is 12.0. The van der Waals surface area contributed by atoms with Crippen molar-refractivity contribution in [2.24, 2.45) is 0 Å². The van der Waals surface area contributed by atoms with Crippen LogP contribution in [-0.4, -0.2) is 19.5 Å². The Morgan fingerprint density at radius 3 is 1.85 bits per heavy atom. The molecule has 0 unspecified atom stereocenters. The highest BCUT2D eigenvalue weighted by Crippen LogP contribution is 2.47. The minimum atomic E-state index is 0.635. The monoisotopic (exact) mass is 720 g/mol. The summed E-state index contributed by atoms with van der Waals surface area (Å²) in [5.74, 6) is 1.91. The van der Waals surface area contributed by atoms with Crippen LogP contribution in [0, 0.1) is 0 Å². The molecule has 0 saturated heterocycles. The van der Waals surface area contributed by atoms with Crippen molar-refractivity contribution in [1.29, 1.82) is 0 Å². The van der Waals surface area contributed by atoms with Gasteiger partial charge in [0.15, 0.2) is 23.1 Å². The summed E-state index contributed by atoms with van der Waals surface area (Å²) in [6.07, 6.45) is 0. The Labute approximate surface area is 318 Å². The lowest BCUT2D eigenvalue weighted by molar-refractivity contribution is 0.671. The number of hydrogen-bond acceptors (Lipinski definition) is 5. The first kappa shape index (κ1) is 30.3. The van der Waals surface area contributed by atoms with E-state index in [1.165, 1.54) is 25.6 Å². The molecule has 0 bridgehead atoms. The van der Waals surface area contributed by atoms with Crippen LogP contribution in [0.2, 0.25) is 0 Å². The predicted octanol–water partition coefficient (Wildman–Crippen LogP) is 13.4. The van der Waals surface area contributed by atoms with Gasteiger partial charge in [-0.05, 0) is 30.3 Å². The average molecular weight is 721 g/mol. The highest BCUT2D eigenvalue weighted by molar-refractivity contribution is 7.26. The fourth-order valence-electron chi connectivity index (χ4n) is 8.40. The van der Waals surface area contributed by atoms with Crippen LogP contribution in [0.1, 0.15) is 0 Å². The molecule has 0 fully saturated rings. The fourth-order valence-corrected chi connectivity index (χ4v) is 9.66. The molecule has 12 rings (SSSR count). The van der Waals surface area contributed by atoms with Crippen LogP contribution >= 0.6 is 11.3 Å². The largest absolute Gasteiger partial charge is 0.454 e. The maximum absolute atomic E-state index is 6.77. The molecule has 4 heterocycles. The summed E-state index contributed by atoms with van der Waals surface area (Å²) in [5, 5.41) is 9.18. The third kappa shape index (κ3) is 4.49. The van der Waals surface area contributed by atoms with Crippen LogP contribution < -0.4 is 0 Å². The topological polar surface area (TPSA) is 56.7 Å². The van der Waals surface area contributed by atoms with Crippen LogP contribution in [0.3, 0.4) is 0 Å². The molecule has 12 aromatic rings. The summed E-state index contributed by atoms with van der Waals surface area (Å²) in [4.78, 5) is 15.5. The lowest BCUT2D eigenvalue weighted by Gasteiger charge is -2.16. The van der Waals surface area contributed by atoms with Gasteiger partial charge in [0.2, 0.25) is 0 Å². The first-order valence-electron chi connectivity index (χ1n) is 18.4. The Balaban J connectivity index is 1.25. The molecule has 256 valence electrons. The Morgan fingerprint density at radius 1 is 0.455 bits per heavy atom. The van der Waals surface area contributed by atoms with Crippen molar-refractivity contribution in [2.75, 3.05) is 0 Å². The number of hydrogen-bond donors (Lipinski definition) is 0. The van der Waals surface area contributed by atoms with E-state index in [1.807, 2.05) is 53.8 Å². The number of para-hydroxylation sites is 2. The molecule has 8 aromatic carbocycles. The van der Waals surface area contributed by atoms with Crippen LogP contribution in [0.25, 0.3) is 115 Å². The van der Waals surface area contributed by atoms with Gasteiger partial charge in [0.25, 0.3) is 0 Å². The molecule has 55 heavy (non-hydrogen) atoms. The molecular weight excluding hydrogens is 693 g/mol. The molecule has 4 aromatic heterocycles. The molecular formula is C49H28N4OS. The minimum absolute atomic E-state index is 0.635. The van der Waals surface area contributed by atoms with Crippen molar-refractivity contribution in [1.82, 2.24) is 19.5 Å². The average Bonchev–Trinajstić information content (AvgIpc) is 3.93. The van der Waals surface area contributed by atoms with E-state index in [-0.39, 0.29) is 0 Å². The van der Waals surface area contributed by atoms with Crippen LogP contribution in [-0.2, 0) is 0 Å². The first-order chi connectivity index (χ1) is 27.3. The van der Waals surface area contributed by atoms with Crippen LogP contribution in [0.5, 0.6) is 0 Å². The van der Waals surface area contributed by atoms with Gasteiger partial charge >= 0.3 is 0 Å². The highest BCUT2D eigenvalue weighted by atomic mass is 32.1. The second-order valence-electron chi connectivity index (χ2n) is 13.9. The summed E-state index contributed by atoms with van der Waals surface area (Å²) in [5.41, 5.74) is 7.86. The molecule has 0 aliphatic carbocycles. The molecule has 0 aliphatic rings. The van der Waals surface area contributed by atoms with E-state index < -0.39 is 0 Å². The zero-order valence-electron chi connectivity index (χ0n) is 29.3. The third-order valence-corrected chi connectivity index (χ3v) is 12.0. The van der Waals surface area contributed by atoms with E-state index in [0.29, 0.717) is 17.5 Å². The van der Waals surface area contributed by atoms with Crippen molar-refractivity contribution < 1.29 is 4.42 Å². The fraction of sp³-hybridized carbons (Fsp3) is 0. The lowest BCUT2D eigenvalue weighted by atomic mass is 9.98. The molecule has 0 N–H and O–H groups in total. The van der Waals surface area contributed by atoms with Crippen LogP contribution in [0.4, 0.5) is 0 Å². The summed E-state index contributed by atoms with van der Waals surface area (Å²) in [6, 6.07) is 59.5. The molecule has 0 saturated carbocycles. The van der Waals surface area contributed by atoms with Gasteiger partial charge in [0, 0.05) is 69.2 Å². The summed E-state index contributed by atoms with van der Waals surface area (Å²) in [6.45, 7) is 0. The van der Waals surface area contributed by atoms with E-state index in [4.69, 9.17) is 19.4 Å². The van der Waals surface area contributed by atoms with E-state index >= 15 is 0 Å². The van der Waals surface area contributed by atoms with Crippen molar-refractivity contribution >= 4 is 86.0 Å². The van der Waals surface area contributed by atoms with Gasteiger partial charge in [-0.25, -0.2) is 15.0 Å². The van der Waals surface area contributed by atoms with Crippen molar-refractivity contribution in [3.63, 3.8) is 0 Å². The second kappa shape index (κ2) is 11.7. The Bertz CT molecular complexity index is 3430. The summed E-state index contributed by atoms with van der Waals surface area (Å²) >= 11 is 1.82. The lowest BCUT2D eigenvalue weighted by Crippen LogP contribution is -2.01. The van der Waals surface area contributed by atoms with Gasteiger partial charge in [-0.2, -0.15) is 0 Å². The standard InChI is InChI=1S/C49H28N4OS/c1-3-14-29(15-4-1)47-50-48(30-16-5-2-6-17-30)52-49(51-47)37-22-13-21-36-40(28-38-33-20-9-12-25-42(33)55-46(38)43(36)37)53-39-23-10-7-18-31(39)34-26-27-35-32-19-8-11-24-41(32)54-45(35)44(34)53/h1-28H. The SMILES string of the molecule is c1ccc(-c2nc(-c3ccccc3)nc(-c3cccc4c(-n5c6ccccc6c6ccc7c8ccccc8oc7c65)cc5c6ccccc6sc5c34)n2)cc1. The van der Waals surface area contributed by atoms with Gasteiger partial charge in [0.05, 0.1) is 16.7 Å². The smallest absolute Gasteiger partial charge is 0.164 e. The van der Waals surface area contributed by atoms with Gasteiger partial charge in [0.1, 0.15) is 5.58 Å². The van der Waals surface area contributed by atoms with Crippen LogP contribution in [0.15, 0.2) is 174 Å². The Morgan fingerprint density at radius 2 is 1.07 bits per heavy atom. The van der Waals surface area contributed by atoms with E-state index in [0.717, 1.165) is 71.5 Å². The van der Waals surface area contributed by atoms with Crippen molar-refractivity contribution in [3.8, 4) is 39.9 Å². The summed E-state index contributed by atoms with van der Waals surface area (Å²) < 4.78 is 11.6. The van der Waals surface area contributed by atoms with Crippen molar-refractivity contribution in [3.05, 3.63) is 170 Å². The zero-order valence-corrected chi connectivity index (χ0v) is 30.1. The zero-order chi connectivity index (χ0) is 36.0. The number of benzene rings is 8. The van der Waals surface area contributed by atoms with Crippen molar-refractivity contribution in [2.45, 2.75) is 0 Å². The number of rotatable bonds is 4. The number of aromatic nitrogens is 4. The summed E-state index contributed by atoms with van der Waals surface area (Å²) in [7, 11) is 0. The van der Waals surface area contributed by atoms with Gasteiger partial charge in [-0.3, -0.25) is 0 Å². The Hall–Kier alpha value is -7.15. The van der Waals surface area contributed by atoms with Gasteiger partial charge < -0.3 is 8.98 Å². The van der Waals surface area contributed by atoms with E-state index in [1.54, 1.807) is 0 Å². The number of fused-ring (bicyclic) bond motifs is 12. The Kier molecular flexibility index (Phi) is 6.44. The molecule has 0 aliphatic heterocycles. The quantitative estimate of drug-likeness (QED) is 0.182. The number of nitrogens with zero attached hydrogens (tertiary/aromatic N) is 4. The highest BCUT2D eigenvalue weighted by Gasteiger charge is 2.24. The predicted molar refractivity (Wildman–Crippen MR) is 228 cm³/mol. The second-order valence-corrected chi connectivity index (χ2v) is 15.0. The van der Waals surface area contributed by atoms with Gasteiger partial charge in [-0.15, -0.1) is 11.3 Å². The van der Waals surface area contributed by atoms with E-state index in [2.05, 4.69) is 132 Å². The van der Waals surface area contributed by atoms with Gasteiger partial charge in [-0.1, -0.05) is 140 Å². The number of furan rings is 1. The molecule has 0 radical (unpaired) electrons. The third-order valence-electron chi connectivity index (χ3n) is 10.8. The molecule has 0 spiro atoms. The molecule has 5 nitrogen and oxygen atoms in total. The minimum Gasteiger partial charge on any atom is -0.454 e. The molecule has 0 atom stereocenters. The first-order valence-corrected chi connectivity index (χ1v) is 19.2. The van der Waals surface area contributed by atoms with E-state index in [9.17, 15) is 0 Å². The molecule has 0 amide bonds. The number of thiophene rings is 1. The molecule has 6 heteroatoms. The maximum Gasteiger partial charge on any atom is 0.164 e.